The van der Waals surface area contributed by atoms with Crippen LogP contribution in [0.2, 0.25) is 0 Å². The third-order valence-electron chi connectivity index (χ3n) is 3.02. The summed E-state index contributed by atoms with van der Waals surface area (Å²) < 4.78 is 14.2. The Morgan fingerprint density at radius 1 is 1.33 bits per heavy atom. The number of hydrogen-bond acceptors (Lipinski definition) is 5. The molecule has 0 unspecified atom stereocenters. The first-order valence-electron chi connectivity index (χ1n) is 7.22. The zero-order chi connectivity index (χ0) is 14.9. The van der Waals surface area contributed by atoms with E-state index in [-0.39, 0.29) is 0 Å². The van der Waals surface area contributed by atoms with Gasteiger partial charge in [0.15, 0.2) is 0 Å². The summed E-state index contributed by atoms with van der Waals surface area (Å²) in [5, 5.41) is 7.63. The average molecular weight is 293 g/mol. The highest BCUT2D eigenvalue weighted by molar-refractivity contribution is 5.39. The normalized spacial score (nSPS) is 11.0. The number of ether oxygens (including phenoxy) is 2. The number of anilines is 1. The Morgan fingerprint density at radius 2 is 2.24 bits per heavy atom. The molecule has 116 valence electrons. The molecule has 2 aromatic heterocycles. The standard InChI is InChI=1S/C14H23N5O2/c1-3-21-9-4-5-15-14-16-6-7-19(14)13-11-17-18(12-13)8-10-20-2/h6-7,11-12H,3-5,8-10H2,1-2H3,(H,15,16). The van der Waals surface area contributed by atoms with Crippen LogP contribution in [0.4, 0.5) is 5.95 Å². The molecule has 2 heterocycles. The molecule has 0 bridgehead atoms. The van der Waals surface area contributed by atoms with Crippen molar-refractivity contribution < 1.29 is 9.47 Å². The molecule has 0 amide bonds. The second kappa shape index (κ2) is 8.43. The van der Waals surface area contributed by atoms with Crippen LogP contribution in [-0.2, 0) is 16.0 Å². The summed E-state index contributed by atoms with van der Waals surface area (Å²) in [5.41, 5.74) is 0.982. The van der Waals surface area contributed by atoms with E-state index >= 15 is 0 Å². The first-order valence-corrected chi connectivity index (χ1v) is 7.22. The topological polar surface area (TPSA) is 66.1 Å². The predicted octanol–water partition coefficient (Wildman–Crippen LogP) is 1.55. The van der Waals surface area contributed by atoms with Crippen LogP contribution in [0.5, 0.6) is 0 Å². The quantitative estimate of drug-likeness (QED) is 0.673. The minimum atomic E-state index is 0.646. The third-order valence-corrected chi connectivity index (χ3v) is 3.02. The van der Waals surface area contributed by atoms with Gasteiger partial charge < -0.3 is 14.8 Å². The summed E-state index contributed by atoms with van der Waals surface area (Å²) in [4.78, 5) is 4.33. The van der Waals surface area contributed by atoms with Crippen molar-refractivity contribution in [1.82, 2.24) is 19.3 Å². The number of nitrogens with one attached hydrogen (secondary N) is 1. The smallest absolute Gasteiger partial charge is 0.207 e. The average Bonchev–Trinajstić information content (AvgIpc) is 3.13. The van der Waals surface area contributed by atoms with Crippen LogP contribution in [0.15, 0.2) is 24.8 Å². The fourth-order valence-electron chi connectivity index (χ4n) is 1.95. The van der Waals surface area contributed by atoms with Gasteiger partial charge in [-0.3, -0.25) is 9.25 Å². The van der Waals surface area contributed by atoms with E-state index in [1.54, 1.807) is 13.3 Å². The molecular weight excluding hydrogens is 270 g/mol. The maximum atomic E-state index is 5.32. The maximum Gasteiger partial charge on any atom is 0.207 e. The molecule has 0 saturated heterocycles. The molecule has 0 radical (unpaired) electrons. The molecule has 21 heavy (non-hydrogen) atoms. The number of hydrogen-bond donors (Lipinski definition) is 1. The van der Waals surface area contributed by atoms with Gasteiger partial charge in [0.1, 0.15) is 0 Å². The minimum Gasteiger partial charge on any atom is -0.383 e. The van der Waals surface area contributed by atoms with Gasteiger partial charge in [-0.15, -0.1) is 0 Å². The monoisotopic (exact) mass is 293 g/mol. The number of methoxy groups -OCH3 is 1. The first-order chi connectivity index (χ1) is 10.3. The van der Waals surface area contributed by atoms with Crippen LogP contribution >= 0.6 is 0 Å². The molecule has 2 rings (SSSR count). The Balaban J connectivity index is 1.91. The summed E-state index contributed by atoms with van der Waals surface area (Å²) in [6.07, 6.45) is 8.45. The third kappa shape index (κ3) is 4.57. The van der Waals surface area contributed by atoms with Gasteiger partial charge >= 0.3 is 0 Å². The molecule has 0 saturated carbocycles. The molecule has 0 fully saturated rings. The highest BCUT2D eigenvalue weighted by Gasteiger charge is 2.06. The van der Waals surface area contributed by atoms with E-state index in [0.717, 1.165) is 44.4 Å². The zero-order valence-electron chi connectivity index (χ0n) is 12.7. The lowest BCUT2D eigenvalue weighted by Crippen LogP contribution is -2.09. The summed E-state index contributed by atoms with van der Waals surface area (Å²) in [6, 6.07) is 0. The van der Waals surface area contributed by atoms with Crippen molar-refractivity contribution >= 4 is 5.95 Å². The Bertz CT molecular complexity index is 523. The second-order valence-corrected chi connectivity index (χ2v) is 4.55. The van der Waals surface area contributed by atoms with Crippen molar-refractivity contribution in [3.05, 3.63) is 24.8 Å². The second-order valence-electron chi connectivity index (χ2n) is 4.55. The molecule has 0 aliphatic rings. The summed E-state index contributed by atoms with van der Waals surface area (Å²) >= 11 is 0. The highest BCUT2D eigenvalue weighted by atomic mass is 16.5. The molecule has 0 aromatic carbocycles. The SMILES string of the molecule is CCOCCCNc1nccn1-c1cnn(CCOC)c1. The first kappa shape index (κ1) is 15.5. The van der Waals surface area contributed by atoms with Crippen LogP contribution in [0.3, 0.4) is 0 Å². The zero-order valence-corrected chi connectivity index (χ0v) is 12.7. The Labute approximate surface area is 124 Å². The largest absolute Gasteiger partial charge is 0.383 e. The van der Waals surface area contributed by atoms with E-state index in [4.69, 9.17) is 9.47 Å². The maximum absolute atomic E-state index is 5.32. The number of aromatic nitrogens is 4. The molecular formula is C14H23N5O2. The number of imidazole rings is 1. The number of rotatable bonds is 10. The van der Waals surface area contributed by atoms with E-state index in [2.05, 4.69) is 15.4 Å². The summed E-state index contributed by atoms with van der Waals surface area (Å²) in [7, 11) is 1.69. The van der Waals surface area contributed by atoms with Gasteiger partial charge in [0.2, 0.25) is 5.95 Å². The van der Waals surface area contributed by atoms with Crippen molar-refractivity contribution in [3.8, 4) is 5.69 Å². The summed E-state index contributed by atoms with van der Waals surface area (Å²) in [5.74, 6) is 0.817. The van der Waals surface area contributed by atoms with Crippen molar-refractivity contribution in [1.29, 1.82) is 0 Å². The number of nitrogens with zero attached hydrogens (tertiary/aromatic N) is 4. The van der Waals surface area contributed by atoms with Crippen molar-refractivity contribution in [2.45, 2.75) is 19.9 Å². The molecule has 0 aliphatic carbocycles. The molecule has 2 aromatic rings. The lowest BCUT2D eigenvalue weighted by Gasteiger charge is -2.08. The van der Waals surface area contributed by atoms with Gasteiger partial charge in [0.05, 0.1) is 25.0 Å². The van der Waals surface area contributed by atoms with Crippen LogP contribution in [0.1, 0.15) is 13.3 Å². The fourth-order valence-corrected chi connectivity index (χ4v) is 1.95. The Hall–Kier alpha value is -1.86. The molecule has 0 spiro atoms. The van der Waals surface area contributed by atoms with E-state index in [0.29, 0.717) is 6.61 Å². The Kier molecular flexibility index (Phi) is 6.23. The van der Waals surface area contributed by atoms with Crippen molar-refractivity contribution in [2.24, 2.45) is 0 Å². The van der Waals surface area contributed by atoms with Gasteiger partial charge in [0, 0.05) is 45.5 Å². The Morgan fingerprint density at radius 3 is 3.05 bits per heavy atom. The molecule has 0 aliphatic heterocycles. The molecule has 7 nitrogen and oxygen atoms in total. The van der Waals surface area contributed by atoms with Crippen LogP contribution in [0, 0.1) is 0 Å². The molecule has 7 heteroatoms. The summed E-state index contributed by atoms with van der Waals surface area (Å²) in [6.45, 7) is 5.74. The highest BCUT2D eigenvalue weighted by Crippen LogP contribution is 2.13. The van der Waals surface area contributed by atoms with Gasteiger partial charge in [-0.1, -0.05) is 0 Å². The van der Waals surface area contributed by atoms with Gasteiger partial charge in [0.25, 0.3) is 0 Å². The predicted molar refractivity (Wildman–Crippen MR) is 80.8 cm³/mol. The van der Waals surface area contributed by atoms with Crippen molar-refractivity contribution in [2.75, 3.05) is 38.8 Å². The van der Waals surface area contributed by atoms with E-state index in [1.165, 1.54) is 0 Å². The fraction of sp³-hybridized carbons (Fsp3) is 0.571. The van der Waals surface area contributed by atoms with E-state index < -0.39 is 0 Å². The van der Waals surface area contributed by atoms with Gasteiger partial charge in [-0.25, -0.2) is 4.98 Å². The van der Waals surface area contributed by atoms with Crippen LogP contribution in [-0.4, -0.2) is 52.8 Å². The van der Waals surface area contributed by atoms with Gasteiger partial charge in [-0.05, 0) is 13.3 Å². The van der Waals surface area contributed by atoms with E-state index in [1.807, 2.05) is 34.8 Å². The van der Waals surface area contributed by atoms with Gasteiger partial charge in [-0.2, -0.15) is 5.10 Å². The van der Waals surface area contributed by atoms with Crippen LogP contribution < -0.4 is 5.32 Å². The minimum absolute atomic E-state index is 0.646. The van der Waals surface area contributed by atoms with E-state index in [9.17, 15) is 0 Å². The molecule has 0 atom stereocenters. The molecule has 1 N–H and O–H groups in total. The lowest BCUT2D eigenvalue weighted by atomic mass is 10.4. The van der Waals surface area contributed by atoms with Crippen molar-refractivity contribution in [3.63, 3.8) is 0 Å². The van der Waals surface area contributed by atoms with Crippen LogP contribution in [0.25, 0.3) is 5.69 Å². The lowest BCUT2D eigenvalue weighted by molar-refractivity contribution is 0.147.